The minimum atomic E-state index is 0.897. The molecular weight excluding hydrogens is 416 g/mol. The number of hydrogen-bond donors (Lipinski definition) is 0. The first-order valence-corrected chi connectivity index (χ1v) is 11.7. The summed E-state index contributed by atoms with van der Waals surface area (Å²) in [4.78, 5) is 0. The van der Waals surface area contributed by atoms with Gasteiger partial charge in [0.15, 0.2) is 0 Å². The van der Waals surface area contributed by atoms with Crippen LogP contribution in [0.15, 0.2) is 72.8 Å². The highest BCUT2D eigenvalue weighted by Crippen LogP contribution is 2.47. The Balaban J connectivity index is 1.98. The lowest BCUT2D eigenvalue weighted by Crippen LogP contribution is -1.97. The zero-order valence-corrected chi connectivity index (χ0v) is 20.7. The number of hydrogen-bond acceptors (Lipinski definition) is 2. The first-order chi connectivity index (χ1) is 16.4. The summed E-state index contributed by atoms with van der Waals surface area (Å²) in [5.74, 6) is 1.79. The van der Waals surface area contributed by atoms with E-state index >= 15 is 0 Å². The fourth-order valence-corrected chi connectivity index (χ4v) is 5.54. The molecule has 170 valence electrons. The predicted octanol–water partition coefficient (Wildman–Crippen LogP) is 8.58. The van der Waals surface area contributed by atoms with Gasteiger partial charge in [0.1, 0.15) is 11.5 Å². The van der Waals surface area contributed by atoms with Gasteiger partial charge < -0.3 is 9.47 Å². The highest BCUT2D eigenvalue weighted by Gasteiger charge is 2.21. The van der Waals surface area contributed by atoms with E-state index in [1.807, 2.05) is 0 Å². The van der Waals surface area contributed by atoms with Crippen LogP contribution in [-0.2, 0) is 0 Å². The number of fused-ring (bicyclic) bond motifs is 2. The van der Waals surface area contributed by atoms with Crippen molar-refractivity contribution in [1.82, 2.24) is 0 Å². The first kappa shape index (κ1) is 22.0. The Kier molecular flexibility index (Phi) is 5.53. The quantitative estimate of drug-likeness (QED) is 0.257. The van der Waals surface area contributed by atoms with Crippen molar-refractivity contribution in [2.45, 2.75) is 27.7 Å². The largest absolute Gasteiger partial charge is 0.497 e. The fraction of sp³-hybridized carbons (Fsp3) is 0.188. The van der Waals surface area contributed by atoms with Gasteiger partial charge >= 0.3 is 0 Å². The lowest BCUT2D eigenvalue weighted by atomic mass is 9.82. The Morgan fingerprint density at radius 3 is 0.912 bits per heavy atom. The average Bonchev–Trinajstić information content (AvgIpc) is 2.83. The van der Waals surface area contributed by atoms with Gasteiger partial charge in [0.25, 0.3) is 0 Å². The van der Waals surface area contributed by atoms with Crippen LogP contribution in [0.2, 0.25) is 0 Å². The van der Waals surface area contributed by atoms with Crippen molar-refractivity contribution >= 4 is 21.5 Å². The Labute approximate surface area is 201 Å². The van der Waals surface area contributed by atoms with Crippen LogP contribution >= 0.6 is 0 Å². The Morgan fingerprint density at radius 2 is 0.676 bits per heavy atom. The van der Waals surface area contributed by atoms with Gasteiger partial charge in [0.05, 0.1) is 14.2 Å². The third-order valence-corrected chi connectivity index (χ3v) is 6.92. The standard InChI is InChI=1S/C32H30O2/c1-19-15-23(33-5)16-20(2)29(19)31-25-11-7-9-13-27(25)32(28-14-10-8-12-26(28)31)30-21(3)17-24(34-6)18-22(30)4/h7-18H,1-6H3. The van der Waals surface area contributed by atoms with E-state index in [1.54, 1.807) is 14.2 Å². The molecule has 0 N–H and O–H groups in total. The number of ether oxygens (including phenoxy) is 2. The maximum Gasteiger partial charge on any atom is 0.119 e. The summed E-state index contributed by atoms with van der Waals surface area (Å²) in [7, 11) is 3.46. The van der Waals surface area contributed by atoms with Gasteiger partial charge in [-0.05, 0) is 118 Å². The van der Waals surface area contributed by atoms with Crippen LogP contribution in [0.25, 0.3) is 43.8 Å². The molecule has 34 heavy (non-hydrogen) atoms. The minimum Gasteiger partial charge on any atom is -0.497 e. The molecule has 0 aliphatic rings. The molecule has 0 aliphatic carbocycles. The highest BCUT2D eigenvalue weighted by molar-refractivity contribution is 6.22. The first-order valence-electron chi connectivity index (χ1n) is 11.7. The van der Waals surface area contributed by atoms with Crippen molar-refractivity contribution in [2.24, 2.45) is 0 Å². The van der Waals surface area contributed by atoms with Crippen LogP contribution in [0.4, 0.5) is 0 Å². The predicted molar refractivity (Wildman–Crippen MR) is 144 cm³/mol. The van der Waals surface area contributed by atoms with Crippen LogP contribution in [0.1, 0.15) is 22.3 Å². The van der Waals surface area contributed by atoms with E-state index < -0.39 is 0 Å². The molecule has 5 aromatic rings. The summed E-state index contributed by atoms with van der Waals surface area (Å²) >= 11 is 0. The van der Waals surface area contributed by atoms with Gasteiger partial charge in [-0.15, -0.1) is 0 Å². The smallest absolute Gasteiger partial charge is 0.119 e. The highest BCUT2D eigenvalue weighted by atomic mass is 16.5. The summed E-state index contributed by atoms with van der Waals surface area (Å²) < 4.78 is 11.1. The molecule has 0 unspecified atom stereocenters. The maximum absolute atomic E-state index is 5.55. The summed E-state index contributed by atoms with van der Waals surface area (Å²) in [6.45, 7) is 8.72. The molecule has 0 spiro atoms. The molecule has 0 aliphatic heterocycles. The molecule has 0 saturated heterocycles. The van der Waals surface area contributed by atoms with E-state index in [1.165, 1.54) is 66.1 Å². The fourth-order valence-electron chi connectivity index (χ4n) is 5.54. The van der Waals surface area contributed by atoms with Gasteiger partial charge in [-0.3, -0.25) is 0 Å². The third kappa shape index (κ3) is 3.42. The molecule has 0 saturated carbocycles. The van der Waals surface area contributed by atoms with Gasteiger partial charge in [0.2, 0.25) is 0 Å². The summed E-state index contributed by atoms with van der Waals surface area (Å²) in [6.07, 6.45) is 0. The van der Waals surface area contributed by atoms with Crippen LogP contribution in [0, 0.1) is 27.7 Å². The second kappa shape index (κ2) is 8.53. The normalized spacial score (nSPS) is 11.2. The van der Waals surface area contributed by atoms with E-state index in [0.717, 1.165) is 11.5 Å². The Morgan fingerprint density at radius 1 is 0.412 bits per heavy atom. The SMILES string of the molecule is COc1cc(C)c(-c2c3ccccc3c(-c3c(C)cc(OC)cc3C)c3ccccc23)c(C)c1. The molecule has 0 heterocycles. The van der Waals surface area contributed by atoms with Gasteiger partial charge in [-0.2, -0.15) is 0 Å². The topological polar surface area (TPSA) is 18.5 Å². The molecule has 0 amide bonds. The van der Waals surface area contributed by atoms with Crippen LogP contribution in [0.5, 0.6) is 11.5 Å². The van der Waals surface area contributed by atoms with Crippen LogP contribution < -0.4 is 9.47 Å². The van der Waals surface area contributed by atoms with E-state index in [9.17, 15) is 0 Å². The molecule has 5 aromatic carbocycles. The summed E-state index contributed by atoms with van der Waals surface area (Å²) in [5.41, 5.74) is 10.0. The lowest BCUT2D eigenvalue weighted by molar-refractivity contribution is 0.414. The second-order valence-corrected chi connectivity index (χ2v) is 9.11. The molecule has 2 nitrogen and oxygen atoms in total. The van der Waals surface area contributed by atoms with E-state index in [-0.39, 0.29) is 0 Å². The average molecular weight is 447 g/mol. The zero-order valence-electron chi connectivity index (χ0n) is 20.7. The number of benzene rings is 5. The van der Waals surface area contributed by atoms with Crippen molar-refractivity contribution in [2.75, 3.05) is 14.2 Å². The van der Waals surface area contributed by atoms with Crippen LogP contribution in [0.3, 0.4) is 0 Å². The minimum absolute atomic E-state index is 0.897. The lowest BCUT2D eigenvalue weighted by Gasteiger charge is -2.22. The van der Waals surface area contributed by atoms with Gasteiger partial charge in [0, 0.05) is 0 Å². The van der Waals surface area contributed by atoms with Gasteiger partial charge in [-0.1, -0.05) is 48.5 Å². The van der Waals surface area contributed by atoms with E-state index in [0.29, 0.717) is 0 Å². The third-order valence-electron chi connectivity index (χ3n) is 6.92. The molecule has 0 bridgehead atoms. The van der Waals surface area contributed by atoms with Crippen molar-refractivity contribution in [3.8, 4) is 33.8 Å². The molecule has 0 aromatic heterocycles. The monoisotopic (exact) mass is 446 g/mol. The molecular formula is C32H30O2. The summed E-state index contributed by atoms with van der Waals surface area (Å²) in [5, 5.41) is 5.06. The molecule has 2 heteroatoms. The Bertz CT molecular complexity index is 1340. The maximum atomic E-state index is 5.55. The van der Waals surface area contributed by atoms with Crippen molar-refractivity contribution < 1.29 is 9.47 Å². The number of aryl methyl sites for hydroxylation is 4. The van der Waals surface area contributed by atoms with Crippen molar-refractivity contribution in [1.29, 1.82) is 0 Å². The van der Waals surface area contributed by atoms with Crippen molar-refractivity contribution in [3.63, 3.8) is 0 Å². The Hall–Kier alpha value is -3.78. The van der Waals surface area contributed by atoms with Crippen molar-refractivity contribution in [3.05, 3.63) is 95.1 Å². The second-order valence-electron chi connectivity index (χ2n) is 9.11. The molecule has 0 radical (unpaired) electrons. The number of rotatable bonds is 4. The summed E-state index contributed by atoms with van der Waals surface area (Å²) in [6, 6.07) is 26.2. The van der Waals surface area contributed by atoms with Crippen LogP contribution in [-0.4, -0.2) is 14.2 Å². The molecule has 5 rings (SSSR count). The number of methoxy groups -OCH3 is 2. The van der Waals surface area contributed by atoms with E-state index in [2.05, 4.69) is 100 Å². The van der Waals surface area contributed by atoms with E-state index in [4.69, 9.17) is 9.47 Å². The molecule has 0 fully saturated rings. The molecule has 0 atom stereocenters. The zero-order chi connectivity index (χ0) is 24.0. The van der Waals surface area contributed by atoms with Gasteiger partial charge in [-0.25, -0.2) is 0 Å².